The standard InChI is InChI=1S/C25H26O4/c1-17(2)20-7-4-18(5-8-20)16-29-22-11-9-21(10-12-22)25(27)23-13-6-19(15-26)14-24(23)28-3/h4-15,17,25,27H,16H2,1-3H3. The number of rotatable bonds is 8. The van der Waals surface area contributed by atoms with Crippen molar-refractivity contribution in [3.8, 4) is 11.5 Å². The Morgan fingerprint density at radius 1 is 0.931 bits per heavy atom. The molecule has 0 aromatic heterocycles. The minimum Gasteiger partial charge on any atom is -0.496 e. The van der Waals surface area contributed by atoms with Gasteiger partial charge in [0.2, 0.25) is 0 Å². The molecule has 29 heavy (non-hydrogen) atoms. The molecule has 0 fully saturated rings. The lowest BCUT2D eigenvalue weighted by molar-refractivity contribution is 0.112. The van der Waals surface area contributed by atoms with Gasteiger partial charge in [-0.1, -0.05) is 62.4 Å². The van der Waals surface area contributed by atoms with Crippen LogP contribution < -0.4 is 9.47 Å². The number of methoxy groups -OCH3 is 1. The first-order valence-corrected chi connectivity index (χ1v) is 9.64. The molecule has 150 valence electrons. The van der Waals surface area contributed by atoms with Crippen molar-refractivity contribution in [1.29, 1.82) is 0 Å². The fourth-order valence-corrected chi connectivity index (χ4v) is 3.12. The molecule has 0 spiro atoms. The topological polar surface area (TPSA) is 55.8 Å². The van der Waals surface area contributed by atoms with Crippen LogP contribution in [0.5, 0.6) is 11.5 Å². The van der Waals surface area contributed by atoms with Crippen LogP contribution >= 0.6 is 0 Å². The molecule has 0 saturated heterocycles. The first kappa shape index (κ1) is 20.6. The van der Waals surface area contributed by atoms with Crippen LogP contribution in [0.15, 0.2) is 66.7 Å². The number of benzene rings is 3. The molecule has 0 aliphatic rings. The van der Waals surface area contributed by atoms with Crippen LogP contribution in [-0.2, 0) is 6.61 Å². The van der Waals surface area contributed by atoms with E-state index in [1.54, 1.807) is 18.2 Å². The van der Waals surface area contributed by atoms with Crippen LogP contribution in [0.25, 0.3) is 0 Å². The van der Waals surface area contributed by atoms with Crippen LogP contribution in [0, 0.1) is 0 Å². The molecule has 0 aliphatic heterocycles. The van der Waals surface area contributed by atoms with E-state index in [9.17, 15) is 9.90 Å². The highest BCUT2D eigenvalue weighted by atomic mass is 16.5. The fourth-order valence-electron chi connectivity index (χ4n) is 3.12. The number of hydrogen-bond acceptors (Lipinski definition) is 4. The molecule has 4 heteroatoms. The van der Waals surface area contributed by atoms with Gasteiger partial charge in [-0.25, -0.2) is 0 Å². The summed E-state index contributed by atoms with van der Waals surface area (Å²) in [5.41, 5.74) is 4.25. The van der Waals surface area contributed by atoms with E-state index in [1.165, 1.54) is 12.7 Å². The smallest absolute Gasteiger partial charge is 0.150 e. The first-order chi connectivity index (χ1) is 14.0. The van der Waals surface area contributed by atoms with E-state index in [4.69, 9.17) is 9.47 Å². The van der Waals surface area contributed by atoms with E-state index in [0.29, 0.717) is 29.4 Å². The van der Waals surface area contributed by atoms with E-state index >= 15 is 0 Å². The number of carbonyl (C=O) groups excluding carboxylic acids is 1. The van der Waals surface area contributed by atoms with Crippen LogP contribution in [0.1, 0.15) is 58.5 Å². The molecule has 1 unspecified atom stereocenters. The second-order valence-electron chi connectivity index (χ2n) is 7.28. The summed E-state index contributed by atoms with van der Waals surface area (Å²) in [6.07, 6.45) is -0.107. The van der Waals surface area contributed by atoms with Crippen molar-refractivity contribution in [2.45, 2.75) is 32.5 Å². The number of aliphatic hydroxyl groups is 1. The molecule has 3 aromatic carbocycles. The largest absolute Gasteiger partial charge is 0.496 e. The lowest BCUT2D eigenvalue weighted by atomic mass is 9.99. The summed E-state index contributed by atoms with van der Waals surface area (Å²) in [5, 5.41) is 10.7. The van der Waals surface area contributed by atoms with Gasteiger partial charge in [-0.3, -0.25) is 4.79 Å². The van der Waals surface area contributed by atoms with Gasteiger partial charge in [0.15, 0.2) is 0 Å². The third kappa shape index (κ3) is 5.04. The van der Waals surface area contributed by atoms with Gasteiger partial charge in [0, 0.05) is 11.1 Å². The van der Waals surface area contributed by atoms with E-state index in [0.717, 1.165) is 23.2 Å². The first-order valence-electron chi connectivity index (χ1n) is 9.64. The average molecular weight is 390 g/mol. The Bertz CT molecular complexity index is 944. The van der Waals surface area contributed by atoms with Crippen molar-refractivity contribution in [3.63, 3.8) is 0 Å². The number of aliphatic hydroxyl groups excluding tert-OH is 1. The summed E-state index contributed by atoms with van der Waals surface area (Å²) in [5.74, 6) is 1.72. The lowest BCUT2D eigenvalue weighted by Gasteiger charge is -2.16. The van der Waals surface area contributed by atoms with Gasteiger partial charge >= 0.3 is 0 Å². The highest BCUT2D eigenvalue weighted by Gasteiger charge is 2.16. The summed E-state index contributed by atoms with van der Waals surface area (Å²) in [6, 6.07) is 20.8. The molecule has 3 rings (SSSR count). The van der Waals surface area contributed by atoms with Gasteiger partial charge in [0.05, 0.1) is 7.11 Å². The van der Waals surface area contributed by atoms with Gasteiger partial charge < -0.3 is 14.6 Å². The summed E-state index contributed by atoms with van der Waals surface area (Å²) < 4.78 is 11.2. The number of carbonyl (C=O) groups is 1. The molecule has 0 amide bonds. The van der Waals surface area contributed by atoms with Crippen LogP contribution in [0.3, 0.4) is 0 Å². The molecule has 4 nitrogen and oxygen atoms in total. The molecular weight excluding hydrogens is 364 g/mol. The predicted molar refractivity (Wildman–Crippen MR) is 114 cm³/mol. The highest BCUT2D eigenvalue weighted by molar-refractivity contribution is 5.76. The Morgan fingerprint density at radius 3 is 2.17 bits per heavy atom. The van der Waals surface area contributed by atoms with Crippen LogP contribution in [0.4, 0.5) is 0 Å². The third-order valence-corrected chi connectivity index (χ3v) is 4.94. The molecule has 3 aromatic rings. The fraction of sp³-hybridized carbons (Fsp3) is 0.240. The maximum Gasteiger partial charge on any atom is 0.150 e. The molecule has 1 atom stereocenters. The van der Waals surface area contributed by atoms with E-state index in [-0.39, 0.29) is 0 Å². The Balaban J connectivity index is 1.67. The van der Waals surface area contributed by atoms with Crippen molar-refractivity contribution >= 4 is 6.29 Å². The SMILES string of the molecule is COc1cc(C=O)ccc1C(O)c1ccc(OCc2ccc(C(C)C)cc2)cc1. The van der Waals surface area contributed by atoms with Gasteiger partial charge in [0.1, 0.15) is 30.5 Å². The zero-order valence-electron chi connectivity index (χ0n) is 17.0. The van der Waals surface area contributed by atoms with Crippen molar-refractivity contribution in [1.82, 2.24) is 0 Å². The third-order valence-electron chi connectivity index (χ3n) is 4.94. The predicted octanol–water partition coefficient (Wildman–Crippen LogP) is 5.29. The van der Waals surface area contributed by atoms with Crippen LogP contribution in [0.2, 0.25) is 0 Å². The highest BCUT2D eigenvalue weighted by Crippen LogP contribution is 2.31. The van der Waals surface area contributed by atoms with Gasteiger partial charge in [0.25, 0.3) is 0 Å². The van der Waals surface area contributed by atoms with Crippen molar-refractivity contribution in [2.24, 2.45) is 0 Å². The zero-order chi connectivity index (χ0) is 20.8. The molecular formula is C25H26O4. The second-order valence-corrected chi connectivity index (χ2v) is 7.28. The summed E-state index contributed by atoms with van der Waals surface area (Å²) in [6.45, 7) is 4.84. The van der Waals surface area contributed by atoms with Crippen molar-refractivity contribution in [2.75, 3.05) is 7.11 Å². The average Bonchev–Trinajstić information content (AvgIpc) is 2.77. The van der Waals surface area contributed by atoms with Crippen molar-refractivity contribution < 1.29 is 19.4 Å². The molecule has 0 radical (unpaired) electrons. The quantitative estimate of drug-likeness (QED) is 0.531. The molecule has 1 N–H and O–H groups in total. The number of hydrogen-bond donors (Lipinski definition) is 1. The van der Waals surface area contributed by atoms with E-state index in [2.05, 4.69) is 38.1 Å². The summed E-state index contributed by atoms with van der Waals surface area (Å²) >= 11 is 0. The van der Waals surface area contributed by atoms with E-state index in [1.807, 2.05) is 24.3 Å². The normalized spacial score (nSPS) is 11.9. The van der Waals surface area contributed by atoms with Gasteiger partial charge in [-0.2, -0.15) is 0 Å². The van der Waals surface area contributed by atoms with Gasteiger partial charge in [-0.05, 0) is 40.8 Å². The Kier molecular flexibility index (Phi) is 6.68. The van der Waals surface area contributed by atoms with Crippen LogP contribution in [-0.4, -0.2) is 18.5 Å². The number of aldehydes is 1. The maximum atomic E-state index is 10.9. The molecule has 0 bridgehead atoms. The van der Waals surface area contributed by atoms with Gasteiger partial charge in [-0.15, -0.1) is 0 Å². The molecule has 0 heterocycles. The monoisotopic (exact) mass is 390 g/mol. The minimum atomic E-state index is -0.858. The Morgan fingerprint density at radius 2 is 1.59 bits per heavy atom. The summed E-state index contributed by atoms with van der Waals surface area (Å²) in [7, 11) is 1.52. The minimum absolute atomic E-state index is 0.479. The molecule has 0 saturated carbocycles. The molecule has 0 aliphatic carbocycles. The maximum absolute atomic E-state index is 10.9. The number of ether oxygens (including phenoxy) is 2. The van der Waals surface area contributed by atoms with Crippen molar-refractivity contribution in [3.05, 3.63) is 94.5 Å². The lowest BCUT2D eigenvalue weighted by Crippen LogP contribution is -2.03. The Hall–Kier alpha value is -3.11. The Labute approximate surface area is 171 Å². The van der Waals surface area contributed by atoms with E-state index < -0.39 is 6.10 Å². The zero-order valence-corrected chi connectivity index (χ0v) is 17.0. The summed E-state index contributed by atoms with van der Waals surface area (Å²) in [4.78, 5) is 10.9. The second kappa shape index (κ2) is 9.39.